The van der Waals surface area contributed by atoms with E-state index >= 15 is 0 Å². The van der Waals surface area contributed by atoms with Crippen molar-refractivity contribution >= 4 is 15.1 Å². The highest BCUT2D eigenvalue weighted by molar-refractivity contribution is 7.75. The summed E-state index contributed by atoms with van der Waals surface area (Å²) in [5.41, 5.74) is 0. The van der Waals surface area contributed by atoms with Crippen molar-refractivity contribution in [3.63, 3.8) is 0 Å². The minimum absolute atomic E-state index is 0.226. The summed E-state index contributed by atoms with van der Waals surface area (Å²) in [5.74, 6) is 0. The predicted molar refractivity (Wildman–Crippen MR) is 135 cm³/mol. The first-order chi connectivity index (χ1) is 14.4. The molecule has 0 aromatic heterocycles. The smallest absolute Gasteiger partial charge is 0.267 e. The van der Waals surface area contributed by atoms with Crippen LogP contribution >= 0.6 is 15.1 Å². The van der Waals surface area contributed by atoms with Crippen LogP contribution in [-0.4, -0.2) is 37.9 Å². The zero-order valence-electron chi connectivity index (χ0n) is 21.3. The lowest BCUT2D eigenvalue weighted by Gasteiger charge is -2.28. The average Bonchev–Trinajstić information content (AvgIpc) is 2.73. The fourth-order valence-corrected chi connectivity index (χ4v) is 9.39. The van der Waals surface area contributed by atoms with Crippen molar-refractivity contribution < 1.29 is 18.5 Å². The summed E-state index contributed by atoms with van der Waals surface area (Å²) in [6, 6.07) is 0. The minimum atomic E-state index is -4.00. The number of phosphoric acid groups is 1. The van der Waals surface area contributed by atoms with Crippen molar-refractivity contribution in [2.75, 3.05) is 37.9 Å². The molecule has 0 bridgehead atoms. The zero-order valence-corrected chi connectivity index (χ0v) is 23.0. The number of rotatable bonds is 20. The topological polar surface area (TPSA) is 58.6 Å². The third-order valence-corrected chi connectivity index (χ3v) is 11.5. The van der Waals surface area contributed by atoms with Crippen molar-refractivity contribution in [1.82, 2.24) is 0 Å². The summed E-state index contributed by atoms with van der Waals surface area (Å²) in [6.07, 6.45) is 21.2. The molecule has 4 nitrogen and oxygen atoms in total. The largest absolute Gasteiger partial charge is 0.756 e. The van der Waals surface area contributed by atoms with E-state index in [-0.39, 0.29) is 13.2 Å². The van der Waals surface area contributed by atoms with Gasteiger partial charge < -0.3 is 13.9 Å². The molecule has 0 aliphatic carbocycles. The molecule has 0 fully saturated rings. The molecule has 6 heteroatoms. The normalized spacial score (nSPS) is 12.0. The Kier molecular flexibility index (Phi) is 24.8. The van der Waals surface area contributed by atoms with Gasteiger partial charge in [-0.05, 0) is 38.5 Å². The van der Waals surface area contributed by atoms with Crippen molar-refractivity contribution in [2.45, 2.75) is 119 Å². The summed E-state index contributed by atoms with van der Waals surface area (Å²) in [6.45, 7) is 13.8. The maximum absolute atomic E-state index is 11.0. The number of hydrogen-bond acceptors (Lipinski definition) is 4. The van der Waals surface area contributed by atoms with Gasteiger partial charge in [0.15, 0.2) is 0 Å². The first-order valence-corrected chi connectivity index (χ1v) is 16.8. The standard InChI is InChI=1S/C16H36P.C8H19O4P/c1-5-9-13-17(14-10-6-2,15-11-7-3)16-12-8-4;1-3-5-7-11-13(9,10)12-8-6-4-2/h5-16H2,1-4H3;3-8H2,1-2H3,(H,9,10)/q+1;/p-1. The highest BCUT2D eigenvalue weighted by atomic mass is 31.2. The number of hydrogen-bond donors (Lipinski definition) is 0. The van der Waals surface area contributed by atoms with Crippen LogP contribution in [0.25, 0.3) is 0 Å². The highest BCUT2D eigenvalue weighted by Gasteiger charge is 2.34. The second kappa shape index (κ2) is 22.7. The Labute approximate surface area is 190 Å². The molecule has 0 spiro atoms. The molecule has 0 aliphatic heterocycles. The van der Waals surface area contributed by atoms with Gasteiger partial charge in [0.25, 0.3) is 7.82 Å². The monoisotopic (exact) mass is 468 g/mol. The van der Waals surface area contributed by atoms with Gasteiger partial charge in [0.1, 0.15) is 0 Å². The molecule has 184 valence electrons. The molecule has 30 heavy (non-hydrogen) atoms. The molecule has 0 aromatic rings. The van der Waals surface area contributed by atoms with E-state index in [1.807, 2.05) is 13.8 Å². The van der Waals surface area contributed by atoms with Crippen LogP contribution in [0.2, 0.25) is 0 Å². The van der Waals surface area contributed by atoms with Crippen LogP contribution in [0.3, 0.4) is 0 Å². The fraction of sp³-hybridized carbons (Fsp3) is 1.00. The maximum Gasteiger partial charge on any atom is 0.267 e. The molecule has 0 N–H and O–H groups in total. The average molecular weight is 469 g/mol. The predicted octanol–water partition coefficient (Wildman–Crippen LogP) is 8.29. The van der Waals surface area contributed by atoms with Crippen LogP contribution in [0.5, 0.6) is 0 Å². The Morgan fingerprint density at radius 3 is 1.07 bits per heavy atom. The van der Waals surface area contributed by atoms with E-state index < -0.39 is 15.1 Å². The molecular weight excluding hydrogens is 414 g/mol. The molecular formula is C24H54O4P2. The molecule has 0 amide bonds. The Bertz CT molecular complexity index is 340. The summed E-state index contributed by atoms with van der Waals surface area (Å²) >= 11 is 0. The third kappa shape index (κ3) is 20.4. The molecule has 0 unspecified atom stereocenters. The first-order valence-electron chi connectivity index (χ1n) is 12.8. The molecule has 0 atom stereocenters. The first kappa shape index (κ1) is 32.7. The van der Waals surface area contributed by atoms with Gasteiger partial charge in [-0.15, -0.1) is 0 Å². The van der Waals surface area contributed by atoms with Crippen LogP contribution in [0.1, 0.15) is 119 Å². The lowest BCUT2D eigenvalue weighted by molar-refractivity contribution is -0.225. The van der Waals surface area contributed by atoms with Crippen LogP contribution in [0, 0.1) is 0 Å². The molecule has 0 saturated heterocycles. The van der Waals surface area contributed by atoms with Crippen LogP contribution in [0.4, 0.5) is 0 Å². The second-order valence-electron chi connectivity index (χ2n) is 8.47. The van der Waals surface area contributed by atoms with Crippen LogP contribution in [-0.2, 0) is 13.6 Å². The molecule has 0 aliphatic rings. The van der Waals surface area contributed by atoms with E-state index in [1.165, 1.54) is 51.4 Å². The molecule has 0 heterocycles. The fourth-order valence-electron chi connectivity index (χ4n) is 3.32. The Morgan fingerprint density at radius 2 is 0.833 bits per heavy atom. The van der Waals surface area contributed by atoms with Gasteiger partial charge in [0, 0.05) is 7.26 Å². The van der Waals surface area contributed by atoms with Gasteiger partial charge >= 0.3 is 0 Å². The van der Waals surface area contributed by atoms with Gasteiger partial charge in [-0.1, -0.05) is 80.1 Å². The Morgan fingerprint density at radius 1 is 0.567 bits per heavy atom. The van der Waals surface area contributed by atoms with E-state index in [0.29, 0.717) is 0 Å². The molecule has 0 aromatic carbocycles. The van der Waals surface area contributed by atoms with Crippen molar-refractivity contribution in [1.29, 1.82) is 0 Å². The van der Waals surface area contributed by atoms with Gasteiger partial charge in [-0.25, -0.2) is 0 Å². The van der Waals surface area contributed by atoms with E-state index in [4.69, 9.17) is 0 Å². The van der Waals surface area contributed by atoms with Crippen molar-refractivity contribution in [3.8, 4) is 0 Å². The summed E-state index contributed by atoms with van der Waals surface area (Å²) in [4.78, 5) is 11.0. The van der Waals surface area contributed by atoms with Gasteiger partial charge in [0.2, 0.25) is 0 Å². The minimum Gasteiger partial charge on any atom is -0.756 e. The highest BCUT2D eigenvalue weighted by Crippen LogP contribution is 2.61. The molecule has 0 radical (unpaired) electrons. The second-order valence-corrected chi connectivity index (χ2v) is 14.4. The summed E-state index contributed by atoms with van der Waals surface area (Å²) in [5, 5.41) is 0. The lowest BCUT2D eigenvalue weighted by atomic mass is 10.4. The van der Waals surface area contributed by atoms with Crippen molar-refractivity contribution in [2.24, 2.45) is 0 Å². The summed E-state index contributed by atoms with van der Waals surface area (Å²) < 4.78 is 20.2. The van der Waals surface area contributed by atoms with Crippen LogP contribution < -0.4 is 4.89 Å². The number of unbranched alkanes of at least 4 members (excludes halogenated alkanes) is 6. The maximum atomic E-state index is 11.0. The van der Waals surface area contributed by atoms with Gasteiger partial charge in [0.05, 0.1) is 37.9 Å². The van der Waals surface area contributed by atoms with E-state index in [1.54, 1.807) is 24.6 Å². The quantitative estimate of drug-likeness (QED) is 0.133. The third-order valence-electron chi connectivity index (χ3n) is 5.44. The van der Waals surface area contributed by atoms with E-state index in [0.717, 1.165) is 25.7 Å². The Balaban J connectivity index is 0. The SMILES string of the molecule is CCCCOP(=O)([O-])OCCCC.CCCC[P+](CCCC)(CCCC)CCCC. The lowest BCUT2D eigenvalue weighted by Crippen LogP contribution is -2.12. The van der Waals surface area contributed by atoms with E-state index in [2.05, 4.69) is 36.7 Å². The molecule has 0 rings (SSSR count). The van der Waals surface area contributed by atoms with Gasteiger partial charge in [-0.3, -0.25) is 4.57 Å². The number of phosphoric ester groups is 1. The van der Waals surface area contributed by atoms with Gasteiger partial charge in [-0.2, -0.15) is 0 Å². The Hall–Kier alpha value is 0.540. The summed E-state index contributed by atoms with van der Waals surface area (Å²) in [7, 11) is -4.56. The van der Waals surface area contributed by atoms with E-state index in [9.17, 15) is 9.46 Å². The van der Waals surface area contributed by atoms with Crippen LogP contribution in [0.15, 0.2) is 0 Å². The van der Waals surface area contributed by atoms with Crippen molar-refractivity contribution in [3.05, 3.63) is 0 Å². The molecule has 0 saturated carbocycles. The zero-order chi connectivity index (χ0) is 23.1.